The summed E-state index contributed by atoms with van der Waals surface area (Å²) in [4.78, 5) is 2.43. The summed E-state index contributed by atoms with van der Waals surface area (Å²) >= 11 is 0. The van der Waals surface area contributed by atoms with Crippen LogP contribution in [0.2, 0.25) is 0 Å². The number of anilines is 1. The lowest BCUT2D eigenvalue weighted by Gasteiger charge is -2.23. The van der Waals surface area contributed by atoms with Crippen molar-refractivity contribution in [3.63, 3.8) is 0 Å². The number of fused-ring (bicyclic) bond motifs is 1. The quantitative estimate of drug-likeness (QED) is 0.784. The molecule has 1 aromatic carbocycles. The Balaban J connectivity index is 2.06. The molecule has 1 heterocycles. The molecule has 0 fully saturated rings. The number of ether oxygens (including phenoxy) is 1. The van der Waals surface area contributed by atoms with E-state index < -0.39 is 0 Å². The van der Waals surface area contributed by atoms with Crippen molar-refractivity contribution < 1.29 is 4.74 Å². The van der Waals surface area contributed by atoms with Crippen molar-refractivity contribution in [2.75, 3.05) is 38.2 Å². The molecule has 1 N–H and O–H groups in total. The Morgan fingerprint density at radius 1 is 1.38 bits per heavy atom. The number of benzene rings is 1. The van der Waals surface area contributed by atoms with Gasteiger partial charge in [0.15, 0.2) is 0 Å². The van der Waals surface area contributed by atoms with Crippen LogP contribution in [0.5, 0.6) is 5.75 Å². The van der Waals surface area contributed by atoms with Crippen molar-refractivity contribution in [2.45, 2.75) is 12.8 Å². The maximum atomic E-state index is 5.73. The van der Waals surface area contributed by atoms with Gasteiger partial charge in [-0.05, 0) is 38.6 Å². The highest BCUT2D eigenvalue weighted by Crippen LogP contribution is 2.30. The lowest BCUT2D eigenvalue weighted by atomic mass is 10.2. The molecule has 3 heteroatoms. The summed E-state index contributed by atoms with van der Waals surface area (Å²) in [5.74, 6) is 1.03. The lowest BCUT2D eigenvalue weighted by Crippen LogP contribution is -2.27. The van der Waals surface area contributed by atoms with E-state index in [4.69, 9.17) is 4.74 Å². The number of para-hydroxylation sites is 2. The zero-order valence-electron chi connectivity index (χ0n) is 9.91. The highest BCUT2D eigenvalue weighted by Gasteiger charge is 2.14. The molecule has 0 aromatic heterocycles. The molecule has 0 unspecified atom stereocenters. The summed E-state index contributed by atoms with van der Waals surface area (Å²) in [6.07, 6.45) is 2.28. The van der Waals surface area contributed by atoms with Gasteiger partial charge in [-0.1, -0.05) is 12.1 Å². The van der Waals surface area contributed by atoms with E-state index in [0.717, 1.165) is 38.4 Å². The molecule has 0 saturated heterocycles. The molecule has 0 bridgehead atoms. The molecule has 1 aromatic rings. The summed E-state index contributed by atoms with van der Waals surface area (Å²) in [6.45, 7) is 4.10. The molecule has 0 spiro atoms. The Bertz CT molecular complexity index is 327. The summed E-state index contributed by atoms with van der Waals surface area (Å²) in [7, 11) is 2.00. The van der Waals surface area contributed by atoms with Crippen molar-refractivity contribution in [3.8, 4) is 5.75 Å². The van der Waals surface area contributed by atoms with Crippen LogP contribution in [-0.2, 0) is 0 Å². The van der Waals surface area contributed by atoms with Crippen molar-refractivity contribution in [1.29, 1.82) is 0 Å². The SMILES string of the molecule is CNCCCN1CCCOc2ccccc21. The molecule has 2 rings (SSSR count). The summed E-state index contributed by atoms with van der Waals surface area (Å²) < 4.78 is 5.73. The standard InChI is InChI=1S/C13H20N2O/c1-14-8-4-9-15-10-5-11-16-13-7-3-2-6-12(13)15/h2-3,6-7,14H,4-5,8-11H2,1H3. The zero-order chi connectivity index (χ0) is 11.2. The second kappa shape index (κ2) is 5.75. The van der Waals surface area contributed by atoms with Gasteiger partial charge in [0.05, 0.1) is 12.3 Å². The average Bonchev–Trinajstić information content (AvgIpc) is 2.52. The Morgan fingerprint density at radius 3 is 3.12 bits per heavy atom. The molecular weight excluding hydrogens is 200 g/mol. The van der Waals surface area contributed by atoms with E-state index in [1.807, 2.05) is 13.1 Å². The van der Waals surface area contributed by atoms with E-state index >= 15 is 0 Å². The monoisotopic (exact) mass is 220 g/mol. The second-order valence-electron chi connectivity index (χ2n) is 4.11. The fraction of sp³-hybridized carbons (Fsp3) is 0.538. The molecule has 0 saturated carbocycles. The van der Waals surface area contributed by atoms with Gasteiger partial charge in [0.2, 0.25) is 0 Å². The van der Waals surface area contributed by atoms with E-state index in [0.29, 0.717) is 0 Å². The molecule has 1 aliphatic rings. The fourth-order valence-electron chi connectivity index (χ4n) is 2.08. The van der Waals surface area contributed by atoms with Gasteiger partial charge in [0, 0.05) is 13.1 Å². The van der Waals surface area contributed by atoms with Crippen LogP contribution in [-0.4, -0.2) is 33.3 Å². The number of nitrogens with zero attached hydrogens (tertiary/aromatic N) is 1. The number of rotatable bonds is 4. The highest BCUT2D eigenvalue weighted by atomic mass is 16.5. The normalized spacial score (nSPS) is 15.2. The third-order valence-electron chi connectivity index (χ3n) is 2.89. The van der Waals surface area contributed by atoms with E-state index in [1.54, 1.807) is 0 Å². The van der Waals surface area contributed by atoms with Gasteiger partial charge in [0.25, 0.3) is 0 Å². The predicted octanol–water partition coefficient (Wildman–Crippen LogP) is 1.88. The van der Waals surface area contributed by atoms with Gasteiger partial charge < -0.3 is 15.0 Å². The average molecular weight is 220 g/mol. The van der Waals surface area contributed by atoms with Crippen molar-refractivity contribution >= 4 is 5.69 Å². The van der Waals surface area contributed by atoms with E-state index in [2.05, 4.69) is 28.4 Å². The van der Waals surface area contributed by atoms with Gasteiger partial charge in [-0.3, -0.25) is 0 Å². The Kier molecular flexibility index (Phi) is 4.05. The van der Waals surface area contributed by atoms with E-state index in [9.17, 15) is 0 Å². The molecule has 88 valence electrons. The van der Waals surface area contributed by atoms with Gasteiger partial charge in [-0.15, -0.1) is 0 Å². The first kappa shape index (κ1) is 11.3. The minimum Gasteiger partial charge on any atom is -0.491 e. The van der Waals surface area contributed by atoms with Crippen LogP contribution in [0.3, 0.4) is 0 Å². The van der Waals surface area contributed by atoms with E-state index in [-0.39, 0.29) is 0 Å². The molecule has 0 radical (unpaired) electrons. The Hall–Kier alpha value is -1.22. The number of hydrogen-bond acceptors (Lipinski definition) is 3. The van der Waals surface area contributed by atoms with E-state index in [1.165, 1.54) is 12.1 Å². The summed E-state index contributed by atoms with van der Waals surface area (Å²) in [6, 6.07) is 8.33. The number of nitrogens with one attached hydrogen (secondary N) is 1. The maximum absolute atomic E-state index is 5.73. The van der Waals surface area contributed by atoms with Crippen molar-refractivity contribution in [2.24, 2.45) is 0 Å². The molecule has 0 amide bonds. The molecule has 3 nitrogen and oxygen atoms in total. The Morgan fingerprint density at radius 2 is 2.25 bits per heavy atom. The first-order chi connectivity index (χ1) is 7.92. The van der Waals surface area contributed by atoms with Gasteiger partial charge in [-0.2, -0.15) is 0 Å². The Labute approximate surface area is 97.4 Å². The third-order valence-corrected chi connectivity index (χ3v) is 2.89. The summed E-state index contributed by atoms with van der Waals surface area (Å²) in [5.41, 5.74) is 1.25. The molecule has 16 heavy (non-hydrogen) atoms. The number of hydrogen-bond donors (Lipinski definition) is 1. The molecule has 0 atom stereocenters. The van der Waals surface area contributed by atoms with Crippen LogP contribution in [0.4, 0.5) is 5.69 Å². The molecular formula is C13H20N2O. The first-order valence-corrected chi connectivity index (χ1v) is 6.03. The van der Waals surface area contributed by atoms with Crippen LogP contribution in [0.15, 0.2) is 24.3 Å². The van der Waals surface area contributed by atoms with Gasteiger partial charge >= 0.3 is 0 Å². The van der Waals surface area contributed by atoms with Crippen molar-refractivity contribution in [3.05, 3.63) is 24.3 Å². The minimum absolute atomic E-state index is 0.833. The molecule has 1 aliphatic heterocycles. The smallest absolute Gasteiger partial charge is 0.142 e. The molecule has 0 aliphatic carbocycles. The third kappa shape index (κ3) is 2.67. The lowest BCUT2D eigenvalue weighted by molar-refractivity contribution is 0.322. The maximum Gasteiger partial charge on any atom is 0.142 e. The topological polar surface area (TPSA) is 24.5 Å². The highest BCUT2D eigenvalue weighted by molar-refractivity contribution is 5.58. The zero-order valence-corrected chi connectivity index (χ0v) is 9.91. The predicted molar refractivity (Wildman–Crippen MR) is 67.3 cm³/mol. The van der Waals surface area contributed by atoms with Gasteiger partial charge in [-0.25, -0.2) is 0 Å². The van der Waals surface area contributed by atoms with Crippen LogP contribution in [0, 0.1) is 0 Å². The van der Waals surface area contributed by atoms with Crippen LogP contribution in [0.25, 0.3) is 0 Å². The first-order valence-electron chi connectivity index (χ1n) is 6.03. The minimum atomic E-state index is 0.833. The largest absolute Gasteiger partial charge is 0.491 e. The van der Waals surface area contributed by atoms with Crippen LogP contribution < -0.4 is 15.0 Å². The van der Waals surface area contributed by atoms with Crippen molar-refractivity contribution in [1.82, 2.24) is 5.32 Å². The van der Waals surface area contributed by atoms with Crippen LogP contribution >= 0.6 is 0 Å². The second-order valence-corrected chi connectivity index (χ2v) is 4.11. The van der Waals surface area contributed by atoms with Gasteiger partial charge in [0.1, 0.15) is 5.75 Å². The summed E-state index contributed by atoms with van der Waals surface area (Å²) in [5, 5.41) is 3.19. The van der Waals surface area contributed by atoms with Crippen LogP contribution in [0.1, 0.15) is 12.8 Å². The fourth-order valence-corrected chi connectivity index (χ4v) is 2.08.